The van der Waals surface area contributed by atoms with Crippen LogP contribution in [-0.2, 0) is 10.0 Å². The summed E-state index contributed by atoms with van der Waals surface area (Å²) in [5.41, 5.74) is 2.00. The van der Waals surface area contributed by atoms with Gasteiger partial charge in [-0.3, -0.25) is 0 Å². The van der Waals surface area contributed by atoms with Crippen LogP contribution in [0.2, 0.25) is 0 Å². The van der Waals surface area contributed by atoms with Gasteiger partial charge in [-0.2, -0.15) is 4.31 Å². The molecule has 3 rings (SSSR count). The average molecular weight is 374 g/mol. The molecule has 0 radical (unpaired) electrons. The number of sulfonamides is 1. The Labute approximate surface area is 156 Å². The van der Waals surface area contributed by atoms with E-state index >= 15 is 0 Å². The summed E-state index contributed by atoms with van der Waals surface area (Å²) >= 11 is 0. The first-order chi connectivity index (χ1) is 12.4. The second kappa shape index (κ2) is 7.76. The van der Waals surface area contributed by atoms with Crippen molar-refractivity contribution in [2.24, 2.45) is 0 Å². The smallest absolute Gasteiger partial charge is 0.243 e. The molecule has 6 heteroatoms. The largest absolute Gasteiger partial charge is 0.368 e. The summed E-state index contributed by atoms with van der Waals surface area (Å²) in [4.78, 5) is 4.84. The van der Waals surface area contributed by atoms with E-state index in [1.54, 1.807) is 22.6 Å². The Kier molecular flexibility index (Phi) is 5.63. The summed E-state index contributed by atoms with van der Waals surface area (Å²) in [6.45, 7) is 6.74. The van der Waals surface area contributed by atoms with Crippen molar-refractivity contribution < 1.29 is 8.42 Å². The quantitative estimate of drug-likeness (QED) is 0.827. The van der Waals surface area contributed by atoms with Crippen LogP contribution in [0.25, 0.3) is 0 Å². The Morgan fingerprint density at radius 3 is 2.58 bits per heavy atom. The Hall–Kier alpha value is -1.92. The molecule has 2 atom stereocenters. The van der Waals surface area contributed by atoms with Crippen LogP contribution in [0.4, 0.5) is 5.82 Å². The van der Waals surface area contributed by atoms with Crippen LogP contribution < -0.4 is 5.32 Å². The highest BCUT2D eigenvalue weighted by Gasteiger charge is 2.36. The van der Waals surface area contributed by atoms with Gasteiger partial charge in [0.2, 0.25) is 10.0 Å². The predicted octanol–water partition coefficient (Wildman–Crippen LogP) is 4.13. The van der Waals surface area contributed by atoms with Gasteiger partial charge in [0.1, 0.15) is 5.82 Å². The lowest BCUT2D eigenvalue weighted by Gasteiger charge is -2.24. The van der Waals surface area contributed by atoms with Crippen molar-refractivity contribution in [1.29, 1.82) is 0 Å². The van der Waals surface area contributed by atoms with Crippen molar-refractivity contribution in [2.45, 2.75) is 57.0 Å². The topological polar surface area (TPSA) is 62.3 Å². The summed E-state index contributed by atoms with van der Waals surface area (Å²) in [6, 6.07) is 11.2. The van der Waals surface area contributed by atoms with Crippen LogP contribution in [0.3, 0.4) is 0 Å². The zero-order valence-corrected chi connectivity index (χ0v) is 16.5. The molecule has 1 saturated heterocycles. The molecule has 0 amide bonds. The number of hydrogen-bond donors (Lipinski definition) is 1. The van der Waals surface area contributed by atoms with Gasteiger partial charge in [-0.25, -0.2) is 13.4 Å². The van der Waals surface area contributed by atoms with Gasteiger partial charge in [0.15, 0.2) is 0 Å². The lowest BCUT2D eigenvalue weighted by atomic mass is 10.1. The highest BCUT2D eigenvalue weighted by molar-refractivity contribution is 7.89. The molecule has 1 aliphatic heterocycles. The third kappa shape index (κ3) is 3.91. The standard InChI is InChI=1S/C20H27N3O2S/c1-4-16(3)22-20-12-9-17(14-21-20)19-6-5-13-23(19)26(24,25)18-10-7-15(2)8-11-18/h7-12,14,16,19H,4-6,13H2,1-3H3,(H,21,22)/t16-,19-/m1/s1. The van der Waals surface area contributed by atoms with Crippen LogP contribution >= 0.6 is 0 Å². The second-order valence-electron chi connectivity index (χ2n) is 7.02. The molecule has 1 aliphatic rings. The van der Waals surface area contributed by atoms with Crippen LogP contribution in [0.1, 0.15) is 50.3 Å². The minimum absolute atomic E-state index is 0.147. The van der Waals surface area contributed by atoms with Crippen molar-refractivity contribution in [1.82, 2.24) is 9.29 Å². The zero-order valence-electron chi connectivity index (χ0n) is 15.6. The van der Waals surface area contributed by atoms with E-state index in [1.807, 2.05) is 31.2 Å². The Morgan fingerprint density at radius 2 is 1.96 bits per heavy atom. The highest BCUT2D eigenvalue weighted by Crippen LogP contribution is 2.36. The average Bonchev–Trinajstić information content (AvgIpc) is 3.13. The molecule has 0 saturated carbocycles. The van der Waals surface area contributed by atoms with Crippen LogP contribution in [0.15, 0.2) is 47.5 Å². The summed E-state index contributed by atoms with van der Waals surface area (Å²) in [5, 5.41) is 3.34. The fraction of sp³-hybridized carbons (Fsp3) is 0.450. The van der Waals surface area contributed by atoms with Gasteiger partial charge in [0, 0.05) is 18.8 Å². The van der Waals surface area contributed by atoms with E-state index in [9.17, 15) is 8.42 Å². The Morgan fingerprint density at radius 1 is 1.23 bits per heavy atom. The molecule has 2 aromatic rings. The van der Waals surface area contributed by atoms with Crippen LogP contribution in [-0.4, -0.2) is 30.3 Å². The number of anilines is 1. The van der Waals surface area contributed by atoms with Gasteiger partial charge in [0.25, 0.3) is 0 Å². The lowest BCUT2D eigenvalue weighted by molar-refractivity contribution is 0.396. The number of benzene rings is 1. The number of pyridine rings is 1. The monoisotopic (exact) mass is 373 g/mol. The maximum Gasteiger partial charge on any atom is 0.243 e. The van der Waals surface area contributed by atoms with E-state index in [0.29, 0.717) is 17.5 Å². The SMILES string of the molecule is CC[C@@H](C)Nc1ccc([C@H]2CCCN2S(=O)(=O)c2ccc(C)cc2)cn1. The maximum absolute atomic E-state index is 13.1. The first-order valence-electron chi connectivity index (χ1n) is 9.23. The molecule has 26 heavy (non-hydrogen) atoms. The fourth-order valence-corrected chi connectivity index (χ4v) is 4.93. The molecule has 0 bridgehead atoms. The Balaban J connectivity index is 1.82. The molecule has 140 valence electrons. The van der Waals surface area contributed by atoms with Crippen LogP contribution in [0, 0.1) is 6.92 Å². The molecular formula is C20H27N3O2S. The number of hydrogen-bond acceptors (Lipinski definition) is 4. The third-order valence-corrected chi connectivity index (χ3v) is 6.93. The van der Waals surface area contributed by atoms with Gasteiger partial charge in [-0.05, 0) is 56.9 Å². The molecule has 1 aromatic heterocycles. The van der Waals surface area contributed by atoms with Gasteiger partial charge < -0.3 is 5.32 Å². The predicted molar refractivity (Wildman–Crippen MR) is 105 cm³/mol. The fourth-order valence-electron chi connectivity index (χ4n) is 3.25. The maximum atomic E-state index is 13.1. The zero-order chi connectivity index (χ0) is 18.7. The number of rotatable bonds is 6. The molecule has 2 heterocycles. The molecular weight excluding hydrogens is 346 g/mol. The van der Waals surface area contributed by atoms with E-state index in [1.165, 1.54) is 0 Å². The van der Waals surface area contributed by atoms with E-state index in [-0.39, 0.29) is 6.04 Å². The van der Waals surface area contributed by atoms with Crippen molar-refractivity contribution in [3.63, 3.8) is 0 Å². The van der Waals surface area contributed by atoms with Gasteiger partial charge >= 0.3 is 0 Å². The third-order valence-electron chi connectivity index (χ3n) is 5.01. The Bertz CT molecular complexity index is 832. The first-order valence-corrected chi connectivity index (χ1v) is 10.7. The lowest BCUT2D eigenvalue weighted by Crippen LogP contribution is -2.30. The number of nitrogens with one attached hydrogen (secondary N) is 1. The molecule has 0 aliphatic carbocycles. The molecule has 0 unspecified atom stereocenters. The van der Waals surface area contributed by atoms with E-state index in [4.69, 9.17) is 0 Å². The number of aromatic nitrogens is 1. The minimum Gasteiger partial charge on any atom is -0.368 e. The molecule has 1 fully saturated rings. The van der Waals surface area contributed by atoms with Crippen molar-refractivity contribution in [3.05, 3.63) is 53.7 Å². The number of nitrogens with zero attached hydrogens (tertiary/aromatic N) is 2. The van der Waals surface area contributed by atoms with Gasteiger partial charge in [0.05, 0.1) is 10.9 Å². The van der Waals surface area contributed by atoms with E-state index < -0.39 is 10.0 Å². The van der Waals surface area contributed by atoms with Crippen LogP contribution in [0.5, 0.6) is 0 Å². The van der Waals surface area contributed by atoms with Crippen molar-refractivity contribution in [2.75, 3.05) is 11.9 Å². The van der Waals surface area contributed by atoms with Crippen molar-refractivity contribution in [3.8, 4) is 0 Å². The first kappa shape index (κ1) is 18.9. The summed E-state index contributed by atoms with van der Waals surface area (Å²) in [6.07, 6.45) is 4.51. The molecule has 1 aromatic carbocycles. The second-order valence-corrected chi connectivity index (χ2v) is 8.91. The summed E-state index contributed by atoms with van der Waals surface area (Å²) in [7, 11) is -3.50. The van der Waals surface area contributed by atoms with Gasteiger partial charge in [-0.1, -0.05) is 30.7 Å². The molecule has 5 nitrogen and oxygen atoms in total. The van der Waals surface area contributed by atoms with Gasteiger partial charge in [-0.15, -0.1) is 0 Å². The number of aryl methyl sites for hydroxylation is 1. The summed E-state index contributed by atoms with van der Waals surface area (Å²) < 4.78 is 27.8. The van der Waals surface area contributed by atoms with E-state index in [0.717, 1.165) is 36.2 Å². The summed E-state index contributed by atoms with van der Waals surface area (Å²) in [5.74, 6) is 0.828. The highest BCUT2D eigenvalue weighted by atomic mass is 32.2. The minimum atomic E-state index is -3.50. The van der Waals surface area contributed by atoms with Crippen molar-refractivity contribution >= 4 is 15.8 Å². The normalized spacial score (nSPS) is 19.4. The van der Waals surface area contributed by atoms with E-state index in [2.05, 4.69) is 24.1 Å². The molecule has 0 spiro atoms. The molecule has 1 N–H and O–H groups in total.